The second kappa shape index (κ2) is 8.11. The summed E-state index contributed by atoms with van der Waals surface area (Å²) in [7, 11) is 3.10. The van der Waals surface area contributed by atoms with Gasteiger partial charge in [0.05, 0.1) is 26.8 Å². The lowest BCUT2D eigenvalue weighted by molar-refractivity contribution is -0.142. The van der Waals surface area contributed by atoms with Crippen molar-refractivity contribution in [2.45, 2.75) is 31.7 Å². The predicted molar refractivity (Wildman–Crippen MR) is 105 cm³/mol. The van der Waals surface area contributed by atoms with Crippen LogP contribution in [0.3, 0.4) is 0 Å². The molecule has 2 saturated heterocycles. The summed E-state index contributed by atoms with van der Waals surface area (Å²) in [6.07, 6.45) is 4.37. The highest BCUT2D eigenvalue weighted by Crippen LogP contribution is 2.46. The fourth-order valence-corrected chi connectivity index (χ4v) is 5.38. The van der Waals surface area contributed by atoms with Gasteiger partial charge in [-0.3, -0.25) is 14.5 Å². The molecule has 0 spiro atoms. The summed E-state index contributed by atoms with van der Waals surface area (Å²) in [6, 6.07) is 8.20. The van der Waals surface area contributed by atoms with Crippen LogP contribution >= 0.6 is 0 Å². The number of rotatable bonds is 5. The van der Waals surface area contributed by atoms with Gasteiger partial charge in [-0.25, -0.2) is 0 Å². The van der Waals surface area contributed by atoms with Gasteiger partial charge < -0.3 is 14.4 Å². The van der Waals surface area contributed by atoms with E-state index >= 15 is 0 Å². The first-order valence-electron chi connectivity index (χ1n) is 10.3. The van der Waals surface area contributed by atoms with Crippen LogP contribution in [0.5, 0.6) is 5.75 Å². The predicted octanol–water partition coefficient (Wildman–Crippen LogP) is 2.49. The van der Waals surface area contributed by atoms with Crippen molar-refractivity contribution in [2.75, 3.05) is 40.4 Å². The Morgan fingerprint density at radius 3 is 2.39 bits per heavy atom. The molecule has 3 atom stereocenters. The molecule has 3 aliphatic rings. The lowest BCUT2D eigenvalue weighted by Gasteiger charge is -2.31. The van der Waals surface area contributed by atoms with E-state index < -0.39 is 0 Å². The molecule has 152 valence electrons. The van der Waals surface area contributed by atoms with E-state index in [1.165, 1.54) is 12.7 Å². The van der Waals surface area contributed by atoms with E-state index in [1.807, 2.05) is 12.1 Å². The van der Waals surface area contributed by atoms with E-state index in [2.05, 4.69) is 21.9 Å². The summed E-state index contributed by atoms with van der Waals surface area (Å²) in [5, 5.41) is 0. The number of carbonyl (C=O) groups is 2. The zero-order valence-electron chi connectivity index (χ0n) is 16.8. The molecule has 2 aliphatic heterocycles. The van der Waals surface area contributed by atoms with Gasteiger partial charge in [-0.2, -0.15) is 0 Å². The van der Waals surface area contributed by atoms with Gasteiger partial charge in [0, 0.05) is 31.5 Å². The van der Waals surface area contributed by atoms with Crippen LogP contribution in [0.25, 0.3) is 0 Å². The van der Waals surface area contributed by atoms with E-state index in [-0.39, 0.29) is 17.9 Å². The van der Waals surface area contributed by atoms with Crippen LogP contribution in [0, 0.1) is 17.8 Å². The fourth-order valence-electron chi connectivity index (χ4n) is 5.38. The van der Waals surface area contributed by atoms with Crippen molar-refractivity contribution >= 4 is 11.9 Å². The molecule has 1 saturated carbocycles. The molecule has 1 aliphatic carbocycles. The van der Waals surface area contributed by atoms with E-state index in [1.54, 1.807) is 7.11 Å². The Kier molecular flexibility index (Phi) is 5.58. The molecule has 6 nitrogen and oxygen atoms in total. The number of likely N-dealkylation sites (tertiary alicyclic amines) is 2. The van der Waals surface area contributed by atoms with Crippen LogP contribution in [0.15, 0.2) is 24.3 Å². The largest absolute Gasteiger partial charge is 0.497 e. The van der Waals surface area contributed by atoms with E-state index in [0.29, 0.717) is 24.3 Å². The number of benzene rings is 1. The number of methoxy groups -OCH3 is 2. The van der Waals surface area contributed by atoms with Crippen LogP contribution in [0.1, 0.15) is 37.3 Å². The topological polar surface area (TPSA) is 59.1 Å². The summed E-state index contributed by atoms with van der Waals surface area (Å²) in [6.45, 7) is 2.79. The molecular formula is C22H30N2O4. The van der Waals surface area contributed by atoms with Gasteiger partial charge in [0.25, 0.3) is 0 Å². The standard InChI is InChI=1S/C22H30N2O4/c1-27-18-9-7-15(8-10-18)21-19-13-23(14-20(25)28-2)11-17(19)12-24(21)22(26)16-5-3-4-6-16/h7-10,16-17,19,21H,3-6,11-14H2,1-2H3/t17-,19-,21-/m0/s1. The number of fused-ring (bicyclic) bond motifs is 1. The molecule has 0 radical (unpaired) electrons. The Morgan fingerprint density at radius 2 is 1.75 bits per heavy atom. The molecule has 0 unspecified atom stereocenters. The number of carbonyl (C=O) groups excluding carboxylic acids is 2. The molecule has 6 heteroatoms. The van der Waals surface area contributed by atoms with Crippen LogP contribution in [-0.4, -0.2) is 62.1 Å². The Bertz CT molecular complexity index is 714. The maximum atomic E-state index is 13.3. The SMILES string of the molecule is COC(=O)CN1C[C@H]2CN(C(=O)C3CCCC3)[C@@H](c3ccc(OC)cc3)[C@H]2C1. The number of esters is 1. The number of hydrogen-bond donors (Lipinski definition) is 0. The van der Waals surface area contributed by atoms with E-state index in [9.17, 15) is 9.59 Å². The van der Waals surface area contributed by atoms with Gasteiger partial charge >= 0.3 is 5.97 Å². The Balaban J connectivity index is 1.57. The quantitative estimate of drug-likeness (QED) is 0.728. The normalized spacial score (nSPS) is 27.8. The monoisotopic (exact) mass is 386 g/mol. The first kappa shape index (κ1) is 19.2. The molecule has 3 fully saturated rings. The molecule has 1 amide bonds. The van der Waals surface area contributed by atoms with Gasteiger partial charge in [0.1, 0.15) is 5.75 Å². The molecule has 1 aromatic carbocycles. The lowest BCUT2D eigenvalue weighted by atomic mass is 9.89. The molecule has 0 aromatic heterocycles. The molecule has 0 bridgehead atoms. The van der Waals surface area contributed by atoms with Crippen LogP contribution in [0.4, 0.5) is 0 Å². The zero-order valence-corrected chi connectivity index (χ0v) is 16.8. The first-order valence-corrected chi connectivity index (χ1v) is 10.3. The lowest BCUT2D eigenvalue weighted by Crippen LogP contribution is -2.39. The minimum atomic E-state index is -0.195. The van der Waals surface area contributed by atoms with Crippen LogP contribution in [0.2, 0.25) is 0 Å². The number of hydrogen-bond acceptors (Lipinski definition) is 5. The number of nitrogens with zero attached hydrogens (tertiary/aromatic N) is 2. The van der Waals surface area contributed by atoms with Crippen molar-refractivity contribution in [3.8, 4) is 5.75 Å². The Hall–Kier alpha value is -2.08. The average molecular weight is 386 g/mol. The summed E-state index contributed by atoms with van der Waals surface area (Å²) >= 11 is 0. The molecule has 4 rings (SSSR count). The maximum absolute atomic E-state index is 13.3. The maximum Gasteiger partial charge on any atom is 0.319 e. The third kappa shape index (κ3) is 3.62. The van der Waals surface area contributed by atoms with E-state index in [4.69, 9.17) is 9.47 Å². The highest BCUT2D eigenvalue weighted by Gasteiger charge is 2.50. The highest BCUT2D eigenvalue weighted by atomic mass is 16.5. The number of ether oxygens (including phenoxy) is 2. The number of amides is 1. The van der Waals surface area contributed by atoms with Crippen LogP contribution < -0.4 is 4.74 Å². The smallest absolute Gasteiger partial charge is 0.319 e. The molecule has 0 N–H and O–H groups in total. The van der Waals surface area contributed by atoms with Gasteiger partial charge in [-0.15, -0.1) is 0 Å². The summed E-state index contributed by atoms with van der Waals surface area (Å²) < 4.78 is 10.1. The molecule has 1 aromatic rings. The highest BCUT2D eigenvalue weighted by molar-refractivity contribution is 5.80. The second-order valence-corrected chi connectivity index (χ2v) is 8.38. The summed E-state index contributed by atoms with van der Waals surface area (Å²) in [5.74, 6) is 1.90. The van der Waals surface area contributed by atoms with Gasteiger partial charge in [-0.1, -0.05) is 25.0 Å². The van der Waals surface area contributed by atoms with Crippen molar-refractivity contribution in [3.63, 3.8) is 0 Å². The molecule has 28 heavy (non-hydrogen) atoms. The fraction of sp³-hybridized carbons (Fsp3) is 0.636. The van der Waals surface area contributed by atoms with Crippen molar-refractivity contribution in [3.05, 3.63) is 29.8 Å². The van der Waals surface area contributed by atoms with Crippen molar-refractivity contribution in [2.24, 2.45) is 17.8 Å². The summed E-state index contributed by atoms with van der Waals surface area (Å²) in [4.78, 5) is 29.3. The van der Waals surface area contributed by atoms with E-state index in [0.717, 1.165) is 51.1 Å². The third-order valence-corrected chi connectivity index (χ3v) is 6.76. The third-order valence-electron chi connectivity index (χ3n) is 6.76. The van der Waals surface area contributed by atoms with Crippen molar-refractivity contribution in [1.82, 2.24) is 9.80 Å². The van der Waals surface area contributed by atoms with Gasteiger partial charge in [0.2, 0.25) is 5.91 Å². The minimum absolute atomic E-state index is 0.0756. The molecular weight excluding hydrogens is 356 g/mol. The van der Waals surface area contributed by atoms with Gasteiger partial charge in [0.15, 0.2) is 0 Å². The Morgan fingerprint density at radius 1 is 1.04 bits per heavy atom. The first-order chi connectivity index (χ1) is 13.6. The van der Waals surface area contributed by atoms with Crippen molar-refractivity contribution in [1.29, 1.82) is 0 Å². The zero-order chi connectivity index (χ0) is 19.7. The molecule has 2 heterocycles. The van der Waals surface area contributed by atoms with Gasteiger partial charge in [-0.05, 0) is 36.5 Å². The average Bonchev–Trinajstić information content (AvgIpc) is 3.43. The Labute approximate surface area is 166 Å². The van der Waals surface area contributed by atoms with Crippen LogP contribution in [-0.2, 0) is 14.3 Å². The minimum Gasteiger partial charge on any atom is -0.497 e. The summed E-state index contributed by atoms with van der Waals surface area (Å²) in [5.41, 5.74) is 1.17. The second-order valence-electron chi connectivity index (χ2n) is 8.38. The van der Waals surface area contributed by atoms with Crippen molar-refractivity contribution < 1.29 is 19.1 Å².